The van der Waals surface area contributed by atoms with Gasteiger partial charge in [-0.05, 0) is 44.0 Å². The van der Waals surface area contributed by atoms with Gasteiger partial charge in [0.05, 0.1) is 17.8 Å². The van der Waals surface area contributed by atoms with Gasteiger partial charge in [0, 0.05) is 14.9 Å². The number of alkyl halides is 1. The summed E-state index contributed by atoms with van der Waals surface area (Å²) >= 11 is 28.1. The fourth-order valence-corrected chi connectivity index (χ4v) is 5.28. The molecule has 1 atom stereocenters. The highest BCUT2D eigenvalue weighted by Crippen LogP contribution is 2.45. The quantitative estimate of drug-likeness (QED) is 0.442. The van der Waals surface area contributed by atoms with Crippen LogP contribution in [0.4, 0.5) is 0 Å². The molecule has 2 aromatic heterocycles. The summed E-state index contributed by atoms with van der Waals surface area (Å²) in [5.41, 5.74) is 0.861. The highest BCUT2D eigenvalue weighted by molar-refractivity contribution is 9.13. The van der Waals surface area contributed by atoms with Crippen molar-refractivity contribution in [2.75, 3.05) is 0 Å². The zero-order valence-electron chi connectivity index (χ0n) is 7.44. The second-order valence-electron chi connectivity index (χ2n) is 2.91. The number of hydrogen-bond acceptors (Lipinski definition) is 2. The third-order valence-corrected chi connectivity index (χ3v) is 7.31. The standard InChI is InChI=1S/C9H3Br2Cl3S2/c10-4-2-5(15-8(4)11)7(13)3-1-6(12)16-9(3)14/h1-2,7H. The first kappa shape index (κ1) is 13.7. The van der Waals surface area contributed by atoms with Crippen molar-refractivity contribution in [1.82, 2.24) is 0 Å². The number of rotatable bonds is 2. The van der Waals surface area contributed by atoms with Crippen molar-refractivity contribution in [3.63, 3.8) is 0 Å². The van der Waals surface area contributed by atoms with Crippen molar-refractivity contribution in [1.29, 1.82) is 0 Å². The second kappa shape index (κ2) is 5.47. The molecule has 0 bridgehead atoms. The summed E-state index contributed by atoms with van der Waals surface area (Å²) in [4.78, 5) is 1.02. The molecule has 0 aliphatic rings. The van der Waals surface area contributed by atoms with Gasteiger partial charge >= 0.3 is 0 Å². The Kier molecular flexibility index (Phi) is 4.67. The SMILES string of the molecule is Clc1cc(C(Cl)c2cc(Br)c(Br)s2)c(Cl)s1. The topological polar surface area (TPSA) is 0 Å². The van der Waals surface area contributed by atoms with Crippen LogP contribution in [-0.4, -0.2) is 0 Å². The fourth-order valence-electron chi connectivity index (χ4n) is 1.17. The van der Waals surface area contributed by atoms with Gasteiger partial charge in [0.1, 0.15) is 0 Å². The van der Waals surface area contributed by atoms with E-state index in [1.54, 1.807) is 11.3 Å². The lowest BCUT2D eigenvalue weighted by Gasteiger charge is -2.04. The Hall–Kier alpha value is 1.23. The molecule has 86 valence electrons. The van der Waals surface area contributed by atoms with Crippen LogP contribution in [0.3, 0.4) is 0 Å². The van der Waals surface area contributed by atoms with Gasteiger partial charge < -0.3 is 0 Å². The molecule has 0 spiro atoms. The highest BCUT2D eigenvalue weighted by Gasteiger charge is 2.20. The van der Waals surface area contributed by atoms with Gasteiger partial charge in [-0.25, -0.2) is 0 Å². The molecule has 0 aliphatic heterocycles. The lowest BCUT2D eigenvalue weighted by atomic mass is 10.2. The summed E-state index contributed by atoms with van der Waals surface area (Å²) in [6.45, 7) is 0. The number of thiophene rings is 2. The normalized spacial score (nSPS) is 13.1. The maximum absolute atomic E-state index is 6.37. The first-order valence-electron chi connectivity index (χ1n) is 4.02. The van der Waals surface area contributed by atoms with Gasteiger partial charge in [-0.3, -0.25) is 0 Å². The minimum Gasteiger partial charge on any atom is -0.130 e. The van der Waals surface area contributed by atoms with E-state index < -0.39 is 0 Å². The van der Waals surface area contributed by atoms with Crippen molar-refractivity contribution < 1.29 is 0 Å². The molecule has 2 rings (SSSR count). The molecule has 0 aromatic carbocycles. The molecule has 0 nitrogen and oxygen atoms in total. The molecular formula is C9H3Br2Cl3S2. The van der Waals surface area contributed by atoms with E-state index >= 15 is 0 Å². The molecule has 0 aliphatic carbocycles. The largest absolute Gasteiger partial charge is 0.130 e. The molecule has 0 radical (unpaired) electrons. The van der Waals surface area contributed by atoms with Crippen LogP contribution in [0, 0.1) is 0 Å². The zero-order chi connectivity index (χ0) is 11.9. The van der Waals surface area contributed by atoms with E-state index in [0.29, 0.717) is 8.67 Å². The molecule has 7 heteroatoms. The van der Waals surface area contributed by atoms with Crippen LogP contribution in [0.2, 0.25) is 8.67 Å². The van der Waals surface area contributed by atoms with Crippen molar-refractivity contribution >= 4 is 89.3 Å². The first-order valence-corrected chi connectivity index (χ1v) is 8.43. The van der Waals surface area contributed by atoms with Gasteiger partial charge in [-0.1, -0.05) is 23.2 Å². The zero-order valence-corrected chi connectivity index (χ0v) is 14.5. The van der Waals surface area contributed by atoms with E-state index in [4.69, 9.17) is 34.8 Å². The summed E-state index contributed by atoms with van der Waals surface area (Å²) in [6, 6.07) is 3.79. The van der Waals surface area contributed by atoms with Gasteiger partial charge in [-0.2, -0.15) is 0 Å². The smallest absolute Gasteiger partial charge is 0.0994 e. The number of halogens is 5. The lowest BCUT2D eigenvalue weighted by Crippen LogP contribution is -1.87. The van der Waals surface area contributed by atoms with Gasteiger partial charge in [0.2, 0.25) is 0 Å². The summed E-state index contributed by atoms with van der Waals surface area (Å²) in [7, 11) is 0. The molecule has 0 saturated carbocycles. The third-order valence-electron chi connectivity index (χ3n) is 1.87. The van der Waals surface area contributed by atoms with Crippen LogP contribution in [-0.2, 0) is 0 Å². The Bertz CT molecular complexity index is 501. The van der Waals surface area contributed by atoms with E-state index in [1.807, 2.05) is 12.1 Å². The van der Waals surface area contributed by atoms with Gasteiger partial charge in [-0.15, -0.1) is 34.3 Å². The maximum Gasteiger partial charge on any atom is 0.0994 e. The summed E-state index contributed by atoms with van der Waals surface area (Å²) in [5.74, 6) is 0. The minimum atomic E-state index is -0.260. The van der Waals surface area contributed by atoms with E-state index in [0.717, 1.165) is 18.7 Å². The second-order valence-corrected chi connectivity index (χ2v) is 8.89. The molecule has 2 aromatic rings. The summed E-state index contributed by atoms with van der Waals surface area (Å²) < 4.78 is 3.31. The predicted octanol–water partition coefficient (Wildman–Crippen LogP) is 6.97. The van der Waals surface area contributed by atoms with Crippen LogP contribution in [0.25, 0.3) is 0 Å². The first-order chi connectivity index (χ1) is 7.49. The fraction of sp³-hybridized carbons (Fsp3) is 0.111. The Morgan fingerprint density at radius 3 is 2.25 bits per heavy atom. The van der Waals surface area contributed by atoms with Crippen molar-refractivity contribution in [3.05, 3.63) is 39.5 Å². The van der Waals surface area contributed by atoms with Crippen molar-refractivity contribution in [2.24, 2.45) is 0 Å². The Labute approximate surface area is 133 Å². The molecule has 0 N–H and O–H groups in total. The van der Waals surface area contributed by atoms with Crippen LogP contribution >= 0.6 is 89.3 Å². The average molecular weight is 441 g/mol. The molecule has 2 heterocycles. The van der Waals surface area contributed by atoms with Gasteiger partial charge in [0.15, 0.2) is 0 Å². The predicted molar refractivity (Wildman–Crippen MR) is 81.8 cm³/mol. The average Bonchev–Trinajstić information content (AvgIpc) is 2.70. The maximum atomic E-state index is 6.37. The third kappa shape index (κ3) is 2.79. The Morgan fingerprint density at radius 2 is 1.81 bits per heavy atom. The van der Waals surface area contributed by atoms with Crippen LogP contribution in [0.5, 0.6) is 0 Å². The van der Waals surface area contributed by atoms with Crippen molar-refractivity contribution in [3.8, 4) is 0 Å². The lowest BCUT2D eigenvalue weighted by molar-refractivity contribution is 1.20. The van der Waals surface area contributed by atoms with E-state index in [1.165, 1.54) is 11.3 Å². The Morgan fingerprint density at radius 1 is 1.12 bits per heavy atom. The van der Waals surface area contributed by atoms with Gasteiger partial charge in [0.25, 0.3) is 0 Å². The van der Waals surface area contributed by atoms with E-state index in [9.17, 15) is 0 Å². The molecule has 16 heavy (non-hydrogen) atoms. The van der Waals surface area contributed by atoms with Crippen LogP contribution in [0.1, 0.15) is 15.8 Å². The highest BCUT2D eigenvalue weighted by atomic mass is 79.9. The van der Waals surface area contributed by atoms with E-state index in [2.05, 4.69) is 31.9 Å². The molecule has 0 saturated heterocycles. The van der Waals surface area contributed by atoms with Crippen LogP contribution in [0.15, 0.2) is 20.4 Å². The molecule has 1 unspecified atom stereocenters. The molecular weight excluding hydrogens is 438 g/mol. The van der Waals surface area contributed by atoms with Crippen molar-refractivity contribution in [2.45, 2.75) is 5.38 Å². The van der Waals surface area contributed by atoms with Crippen LogP contribution < -0.4 is 0 Å². The minimum absolute atomic E-state index is 0.260. The summed E-state index contributed by atoms with van der Waals surface area (Å²) in [6.07, 6.45) is 0. The Balaban J connectivity index is 2.38. The molecule has 0 fully saturated rings. The van der Waals surface area contributed by atoms with E-state index in [-0.39, 0.29) is 5.38 Å². The summed E-state index contributed by atoms with van der Waals surface area (Å²) in [5, 5.41) is -0.260. The number of hydrogen-bond donors (Lipinski definition) is 0. The molecule has 0 amide bonds. The monoisotopic (exact) mass is 438 g/mol.